The highest BCUT2D eigenvalue weighted by atomic mass is 16.5. The van der Waals surface area contributed by atoms with Gasteiger partial charge in [0.25, 0.3) is 0 Å². The van der Waals surface area contributed by atoms with Crippen LogP contribution in [0.15, 0.2) is 23.8 Å². The Hall–Kier alpha value is -2.28. The number of carbonyl (C=O) groups is 1. The molecule has 1 rings (SSSR count). The lowest BCUT2D eigenvalue weighted by Crippen LogP contribution is -1.97. The quantitative estimate of drug-likeness (QED) is 0.748. The van der Waals surface area contributed by atoms with E-state index in [0.29, 0.717) is 17.1 Å². The van der Waals surface area contributed by atoms with Crippen molar-refractivity contribution in [2.24, 2.45) is 0 Å². The van der Waals surface area contributed by atoms with Crippen LogP contribution in [0, 0.1) is 11.3 Å². The molecular formula is C14H15NO3. The Balaban J connectivity index is 3.02. The minimum absolute atomic E-state index is 0.0266. The van der Waals surface area contributed by atoms with Crippen molar-refractivity contribution >= 4 is 11.9 Å². The first-order valence-corrected chi connectivity index (χ1v) is 5.45. The topological polar surface area (TPSA) is 59.3 Å². The largest absolute Gasteiger partial charge is 0.493 e. The summed E-state index contributed by atoms with van der Waals surface area (Å²) in [6, 6.07) is 7.18. The second-order valence-corrected chi connectivity index (χ2v) is 3.74. The molecule has 0 atom stereocenters. The molecule has 0 aromatic heterocycles. The van der Waals surface area contributed by atoms with Crippen LogP contribution in [0.25, 0.3) is 6.08 Å². The van der Waals surface area contributed by atoms with E-state index in [1.165, 1.54) is 14.0 Å². The number of rotatable bonds is 5. The maximum atomic E-state index is 11.2. The third-order valence-corrected chi connectivity index (χ3v) is 2.42. The molecular weight excluding hydrogens is 230 g/mol. The molecule has 0 unspecified atom stereocenters. The molecule has 94 valence electrons. The van der Waals surface area contributed by atoms with Gasteiger partial charge in [-0.3, -0.25) is 4.79 Å². The molecule has 0 radical (unpaired) electrons. The summed E-state index contributed by atoms with van der Waals surface area (Å²) in [5, 5.41) is 8.46. The Morgan fingerprint density at radius 3 is 2.67 bits per heavy atom. The molecule has 0 saturated heterocycles. The molecule has 0 aliphatic carbocycles. The van der Waals surface area contributed by atoms with Crippen LogP contribution >= 0.6 is 0 Å². The summed E-state index contributed by atoms with van der Waals surface area (Å²) in [4.78, 5) is 11.2. The second-order valence-electron chi connectivity index (χ2n) is 3.74. The molecule has 0 fully saturated rings. The fraction of sp³-hybridized carbons (Fsp3) is 0.286. The zero-order valence-electron chi connectivity index (χ0n) is 10.7. The second kappa shape index (κ2) is 6.45. The number of nitrogens with zero attached hydrogens (tertiary/aromatic N) is 1. The minimum atomic E-state index is -0.0297. The van der Waals surface area contributed by atoms with Crippen molar-refractivity contribution in [3.8, 4) is 17.6 Å². The molecule has 0 bridgehead atoms. The van der Waals surface area contributed by atoms with E-state index in [9.17, 15) is 4.79 Å². The van der Waals surface area contributed by atoms with Gasteiger partial charge in [-0.1, -0.05) is 6.07 Å². The van der Waals surface area contributed by atoms with Crippen LogP contribution in [-0.4, -0.2) is 19.5 Å². The maximum absolute atomic E-state index is 11.2. The Morgan fingerprint density at radius 2 is 2.11 bits per heavy atom. The van der Waals surface area contributed by atoms with Gasteiger partial charge in [-0.15, -0.1) is 0 Å². The van der Waals surface area contributed by atoms with Crippen LogP contribution in [0.3, 0.4) is 0 Å². The van der Waals surface area contributed by atoms with Crippen LogP contribution in [0.1, 0.15) is 19.4 Å². The zero-order chi connectivity index (χ0) is 13.5. The van der Waals surface area contributed by atoms with Gasteiger partial charge in [0.2, 0.25) is 0 Å². The highest BCUT2D eigenvalue weighted by Gasteiger charge is 2.05. The van der Waals surface area contributed by atoms with Crippen molar-refractivity contribution in [1.82, 2.24) is 0 Å². The van der Waals surface area contributed by atoms with Crippen molar-refractivity contribution in [2.45, 2.75) is 13.8 Å². The van der Waals surface area contributed by atoms with Gasteiger partial charge >= 0.3 is 0 Å². The molecule has 0 amide bonds. The molecule has 18 heavy (non-hydrogen) atoms. The number of allylic oxidation sites excluding steroid dienone is 1. The fourth-order valence-electron chi connectivity index (χ4n) is 1.35. The normalized spacial score (nSPS) is 10.7. The molecule has 0 saturated carbocycles. The summed E-state index contributed by atoms with van der Waals surface area (Å²) < 4.78 is 10.4. The summed E-state index contributed by atoms with van der Waals surface area (Å²) in [6.07, 6.45) is 1.78. The van der Waals surface area contributed by atoms with Crippen LogP contribution < -0.4 is 9.47 Å². The van der Waals surface area contributed by atoms with E-state index in [2.05, 4.69) is 0 Å². The molecule has 4 heteroatoms. The molecule has 0 spiro atoms. The molecule has 0 aliphatic rings. The van der Waals surface area contributed by atoms with Gasteiger partial charge in [0.1, 0.15) is 6.07 Å². The predicted octanol–water partition coefficient (Wildman–Crippen LogP) is 2.59. The first-order valence-electron chi connectivity index (χ1n) is 5.45. The number of nitriles is 1. The Labute approximate surface area is 106 Å². The number of ether oxygens (including phenoxy) is 2. The van der Waals surface area contributed by atoms with Gasteiger partial charge in [0.15, 0.2) is 23.9 Å². The number of hydrogen-bond acceptors (Lipinski definition) is 4. The van der Waals surface area contributed by atoms with E-state index >= 15 is 0 Å². The van der Waals surface area contributed by atoms with E-state index in [0.717, 1.165) is 5.56 Å². The third kappa shape index (κ3) is 3.63. The highest BCUT2D eigenvalue weighted by Crippen LogP contribution is 2.28. The lowest BCUT2D eigenvalue weighted by atomic mass is 10.1. The lowest BCUT2D eigenvalue weighted by Gasteiger charge is -2.09. The van der Waals surface area contributed by atoms with E-state index in [1.807, 2.05) is 12.1 Å². The zero-order valence-corrected chi connectivity index (χ0v) is 10.7. The first-order chi connectivity index (χ1) is 8.58. The monoisotopic (exact) mass is 245 g/mol. The number of hydrogen-bond donors (Lipinski definition) is 0. The number of ketones is 1. The Morgan fingerprint density at radius 1 is 1.39 bits per heavy atom. The third-order valence-electron chi connectivity index (χ3n) is 2.42. The molecule has 1 aromatic carbocycles. The van der Waals surface area contributed by atoms with Crippen LogP contribution in [-0.2, 0) is 4.79 Å². The van der Waals surface area contributed by atoms with Crippen molar-refractivity contribution in [1.29, 1.82) is 5.26 Å². The van der Waals surface area contributed by atoms with Crippen LogP contribution in [0.5, 0.6) is 11.5 Å². The van der Waals surface area contributed by atoms with Crippen molar-refractivity contribution < 1.29 is 14.3 Å². The highest BCUT2D eigenvalue weighted by molar-refractivity contribution is 5.97. The summed E-state index contributed by atoms with van der Waals surface area (Å²) in [5.74, 6) is 1.07. The summed E-state index contributed by atoms with van der Waals surface area (Å²) >= 11 is 0. The first kappa shape index (κ1) is 13.8. The van der Waals surface area contributed by atoms with Gasteiger partial charge in [-0.05, 0) is 43.2 Å². The van der Waals surface area contributed by atoms with E-state index in [4.69, 9.17) is 14.7 Å². The molecule has 1 aromatic rings. The summed E-state index contributed by atoms with van der Waals surface area (Å²) in [6.45, 7) is 3.25. The van der Waals surface area contributed by atoms with E-state index < -0.39 is 0 Å². The summed E-state index contributed by atoms with van der Waals surface area (Å²) in [5.41, 5.74) is 1.52. The van der Waals surface area contributed by atoms with Gasteiger partial charge < -0.3 is 9.47 Å². The van der Waals surface area contributed by atoms with Crippen molar-refractivity contribution in [2.75, 3.05) is 13.7 Å². The number of methoxy groups -OCH3 is 1. The van der Waals surface area contributed by atoms with E-state index in [-0.39, 0.29) is 12.4 Å². The lowest BCUT2D eigenvalue weighted by molar-refractivity contribution is -0.113. The number of carbonyl (C=O) groups excluding carboxylic acids is 1. The van der Waals surface area contributed by atoms with Gasteiger partial charge in [0, 0.05) is 0 Å². The Kier molecular flexibility index (Phi) is 4.94. The minimum Gasteiger partial charge on any atom is -0.493 e. The average Bonchev–Trinajstić information content (AvgIpc) is 2.36. The number of Topliss-reactive ketones (excluding diaryl/α,β-unsaturated/α-hetero) is 1. The SMILES string of the molecule is COc1cc(/C=C(/C)C(C)=O)ccc1OCC#N. The molecule has 0 aliphatic heterocycles. The summed E-state index contributed by atoms with van der Waals surface area (Å²) in [7, 11) is 1.53. The molecule has 0 heterocycles. The van der Waals surface area contributed by atoms with Crippen molar-refractivity contribution in [3.05, 3.63) is 29.3 Å². The standard InChI is InChI=1S/C14H15NO3/c1-10(11(2)16)8-12-4-5-13(18-7-6-15)14(9-12)17-3/h4-5,8-9H,7H2,1-3H3/b10-8-. The fourth-order valence-corrected chi connectivity index (χ4v) is 1.35. The van der Waals surface area contributed by atoms with Gasteiger partial charge in [0.05, 0.1) is 7.11 Å². The van der Waals surface area contributed by atoms with E-state index in [1.54, 1.807) is 25.1 Å². The maximum Gasteiger partial charge on any atom is 0.174 e. The average molecular weight is 245 g/mol. The van der Waals surface area contributed by atoms with Gasteiger partial charge in [-0.25, -0.2) is 0 Å². The van der Waals surface area contributed by atoms with Crippen LogP contribution in [0.2, 0.25) is 0 Å². The molecule has 4 nitrogen and oxygen atoms in total. The predicted molar refractivity (Wildman–Crippen MR) is 68.4 cm³/mol. The smallest absolute Gasteiger partial charge is 0.174 e. The van der Waals surface area contributed by atoms with Crippen molar-refractivity contribution in [3.63, 3.8) is 0 Å². The van der Waals surface area contributed by atoms with Crippen LogP contribution in [0.4, 0.5) is 0 Å². The number of benzene rings is 1. The Bertz CT molecular complexity index is 512. The van der Waals surface area contributed by atoms with Gasteiger partial charge in [-0.2, -0.15) is 5.26 Å². The molecule has 0 N–H and O–H groups in total.